The van der Waals surface area contributed by atoms with Gasteiger partial charge in [0.2, 0.25) is 0 Å². The minimum absolute atomic E-state index is 0.756. The second-order valence-corrected chi connectivity index (χ2v) is 8.35. The number of ether oxygens (including phenoxy) is 1. The van der Waals surface area contributed by atoms with Gasteiger partial charge in [-0.05, 0) is 25.0 Å². The molecule has 3 rings (SSSR count). The molecule has 1 aliphatic rings. The van der Waals surface area contributed by atoms with Gasteiger partial charge in [0, 0.05) is 51.1 Å². The second-order valence-electron chi connectivity index (χ2n) is 7.06. The molecule has 1 aromatic heterocycles. The summed E-state index contributed by atoms with van der Waals surface area (Å²) in [6, 6.07) is 8.77. The van der Waals surface area contributed by atoms with Gasteiger partial charge in [-0.1, -0.05) is 24.3 Å². The third-order valence-electron chi connectivity index (χ3n) is 4.89. The summed E-state index contributed by atoms with van der Waals surface area (Å²) >= 11 is 1.78. The molecule has 6 nitrogen and oxygen atoms in total. The highest BCUT2D eigenvalue weighted by Gasteiger charge is 2.11. The van der Waals surface area contributed by atoms with Gasteiger partial charge >= 0.3 is 0 Å². The van der Waals surface area contributed by atoms with E-state index in [2.05, 4.69) is 63.6 Å². The van der Waals surface area contributed by atoms with Crippen LogP contribution in [0.15, 0.2) is 29.3 Å². The molecular weight excluding hydrogens is 370 g/mol. The third kappa shape index (κ3) is 6.29. The Labute approximate surface area is 172 Å². The van der Waals surface area contributed by atoms with E-state index < -0.39 is 0 Å². The SMILES string of the molecule is CN=C(NCCc1nc(C)c(C)s1)NCc1cccc(CN2CCOCC2)c1. The molecule has 0 amide bonds. The van der Waals surface area contributed by atoms with Crippen LogP contribution in [0, 0.1) is 13.8 Å². The van der Waals surface area contributed by atoms with Crippen LogP contribution in [0.3, 0.4) is 0 Å². The van der Waals surface area contributed by atoms with Crippen LogP contribution >= 0.6 is 11.3 Å². The number of aliphatic imine (C=N–C) groups is 1. The van der Waals surface area contributed by atoms with E-state index in [1.165, 1.54) is 21.0 Å². The van der Waals surface area contributed by atoms with E-state index in [1.807, 2.05) is 7.05 Å². The predicted molar refractivity (Wildman–Crippen MR) is 116 cm³/mol. The number of thiazole rings is 1. The van der Waals surface area contributed by atoms with Crippen LogP contribution in [0.2, 0.25) is 0 Å². The lowest BCUT2D eigenvalue weighted by Gasteiger charge is -2.26. The minimum Gasteiger partial charge on any atom is -0.379 e. The van der Waals surface area contributed by atoms with E-state index in [1.54, 1.807) is 11.3 Å². The Hall–Kier alpha value is -1.96. The highest BCUT2D eigenvalue weighted by Crippen LogP contribution is 2.16. The first-order valence-corrected chi connectivity index (χ1v) is 10.7. The fourth-order valence-electron chi connectivity index (χ4n) is 3.20. The molecule has 7 heteroatoms. The highest BCUT2D eigenvalue weighted by atomic mass is 32.1. The maximum Gasteiger partial charge on any atom is 0.191 e. The number of aryl methyl sites for hydroxylation is 2. The quantitative estimate of drug-likeness (QED) is 0.551. The zero-order valence-corrected chi connectivity index (χ0v) is 17.9. The first-order valence-electron chi connectivity index (χ1n) is 9.89. The Morgan fingerprint density at radius 1 is 1.21 bits per heavy atom. The largest absolute Gasteiger partial charge is 0.379 e. The lowest BCUT2D eigenvalue weighted by atomic mass is 10.1. The smallest absolute Gasteiger partial charge is 0.191 e. The van der Waals surface area contributed by atoms with Crippen LogP contribution in [-0.4, -0.2) is 55.7 Å². The van der Waals surface area contributed by atoms with Crippen LogP contribution < -0.4 is 10.6 Å². The molecule has 0 saturated carbocycles. The Bertz CT molecular complexity index is 763. The number of nitrogens with zero attached hydrogens (tertiary/aromatic N) is 3. The number of aromatic nitrogens is 1. The number of benzene rings is 1. The van der Waals surface area contributed by atoms with Crippen molar-refractivity contribution in [1.29, 1.82) is 0 Å². The van der Waals surface area contributed by atoms with E-state index in [0.717, 1.165) is 64.0 Å². The summed E-state index contributed by atoms with van der Waals surface area (Å²) in [4.78, 5) is 12.7. The van der Waals surface area contributed by atoms with Gasteiger partial charge in [0.25, 0.3) is 0 Å². The third-order valence-corrected chi connectivity index (χ3v) is 6.02. The molecule has 0 bridgehead atoms. The first kappa shape index (κ1) is 20.8. The van der Waals surface area contributed by atoms with E-state index in [0.29, 0.717) is 0 Å². The minimum atomic E-state index is 0.756. The zero-order valence-electron chi connectivity index (χ0n) is 17.1. The van der Waals surface area contributed by atoms with Crippen LogP contribution in [-0.2, 0) is 24.2 Å². The molecule has 2 N–H and O–H groups in total. The van der Waals surface area contributed by atoms with Crippen molar-refractivity contribution in [1.82, 2.24) is 20.5 Å². The van der Waals surface area contributed by atoms with Crippen LogP contribution in [0.4, 0.5) is 0 Å². The van der Waals surface area contributed by atoms with Crippen molar-refractivity contribution in [3.05, 3.63) is 51.0 Å². The van der Waals surface area contributed by atoms with Gasteiger partial charge < -0.3 is 15.4 Å². The molecule has 1 aliphatic heterocycles. The molecule has 152 valence electrons. The van der Waals surface area contributed by atoms with Crippen LogP contribution in [0.5, 0.6) is 0 Å². The van der Waals surface area contributed by atoms with Crippen molar-refractivity contribution in [2.45, 2.75) is 33.4 Å². The number of hydrogen-bond donors (Lipinski definition) is 2. The summed E-state index contributed by atoms with van der Waals surface area (Å²) in [6.07, 6.45) is 0.912. The topological polar surface area (TPSA) is 61.8 Å². The lowest BCUT2D eigenvalue weighted by Crippen LogP contribution is -2.38. The van der Waals surface area contributed by atoms with E-state index >= 15 is 0 Å². The summed E-state index contributed by atoms with van der Waals surface area (Å²) < 4.78 is 5.43. The number of rotatable bonds is 7. The summed E-state index contributed by atoms with van der Waals surface area (Å²) in [6.45, 7) is 10.4. The first-order chi connectivity index (χ1) is 13.6. The number of guanidine groups is 1. The molecule has 0 aliphatic carbocycles. The maximum absolute atomic E-state index is 5.43. The van der Waals surface area contributed by atoms with Gasteiger partial charge in [0.15, 0.2) is 5.96 Å². The normalized spacial score (nSPS) is 15.6. The number of nitrogens with one attached hydrogen (secondary N) is 2. The van der Waals surface area contributed by atoms with Gasteiger partial charge in [-0.25, -0.2) is 4.98 Å². The van der Waals surface area contributed by atoms with Gasteiger partial charge in [-0.15, -0.1) is 11.3 Å². The lowest BCUT2D eigenvalue weighted by molar-refractivity contribution is 0.0342. The van der Waals surface area contributed by atoms with Crippen LogP contribution in [0.1, 0.15) is 26.7 Å². The van der Waals surface area contributed by atoms with Crippen LogP contribution in [0.25, 0.3) is 0 Å². The zero-order chi connectivity index (χ0) is 19.8. The highest BCUT2D eigenvalue weighted by molar-refractivity contribution is 7.11. The van der Waals surface area contributed by atoms with Gasteiger partial charge in [0.1, 0.15) is 0 Å². The molecular formula is C21H31N5OS. The number of morpholine rings is 1. The van der Waals surface area contributed by atoms with E-state index in [-0.39, 0.29) is 0 Å². The summed E-state index contributed by atoms with van der Waals surface area (Å²) in [5, 5.41) is 7.96. The molecule has 2 aromatic rings. The van der Waals surface area contributed by atoms with Gasteiger partial charge in [-0.2, -0.15) is 0 Å². The van der Waals surface area contributed by atoms with E-state index in [9.17, 15) is 0 Å². The van der Waals surface area contributed by atoms with Crippen molar-refractivity contribution < 1.29 is 4.74 Å². The molecule has 0 atom stereocenters. The molecule has 1 fully saturated rings. The van der Waals surface area contributed by atoms with Crippen molar-refractivity contribution in [3.63, 3.8) is 0 Å². The molecule has 0 radical (unpaired) electrons. The molecule has 28 heavy (non-hydrogen) atoms. The van der Waals surface area contributed by atoms with Crippen molar-refractivity contribution in [3.8, 4) is 0 Å². The Morgan fingerprint density at radius 2 is 2.00 bits per heavy atom. The standard InChI is InChI=1S/C21H31N5OS/c1-16-17(2)28-20(25-16)7-8-23-21(22-3)24-14-18-5-4-6-19(13-18)15-26-9-11-27-12-10-26/h4-6,13H,7-12,14-15H2,1-3H3,(H2,22,23,24). The van der Waals surface area contributed by atoms with Gasteiger partial charge in [-0.3, -0.25) is 9.89 Å². The predicted octanol–water partition coefficient (Wildman–Crippen LogP) is 2.50. The summed E-state index contributed by atoms with van der Waals surface area (Å²) in [5.74, 6) is 0.823. The molecule has 0 spiro atoms. The van der Waals surface area contributed by atoms with Gasteiger partial charge in [0.05, 0.1) is 23.9 Å². The maximum atomic E-state index is 5.43. The number of hydrogen-bond acceptors (Lipinski definition) is 5. The molecule has 1 aromatic carbocycles. The molecule has 0 unspecified atom stereocenters. The summed E-state index contributed by atoms with van der Waals surface area (Å²) in [7, 11) is 1.81. The van der Waals surface area contributed by atoms with Crippen molar-refractivity contribution in [2.75, 3.05) is 39.9 Å². The molecule has 1 saturated heterocycles. The summed E-state index contributed by atoms with van der Waals surface area (Å²) in [5.41, 5.74) is 3.75. The fourth-order valence-corrected chi connectivity index (χ4v) is 4.13. The van der Waals surface area contributed by atoms with Crippen molar-refractivity contribution >= 4 is 17.3 Å². The Morgan fingerprint density at radius 3 is 2.71 bits per heavy atom. The van der Waals surface area contributed by atoms with E-state index in [4.69, 9.17) is 4.74 Å². The fraction of sp³-hybridized carbons (Fsp3) is 0.524. The monoisotopic (exact) mass is 401 g/mol. The molecule has 2 heterocycles. The Balaban J connectivity index is 1.44. The average molecular weight is 402 g/mol. The Kier molecular flexibility index (Phi) is 7.82. The van der Waals surface area contributed by atoms with Crippen molar-refractivity contribution in [2.24, 2.45) is 4.99 Å². The average Bonchev–Trinajstić information content (AvgIpc) is 3.03. The second kappa shape index (κ2) is 10.5.